The van der Waals surface area contributed by atoms with Gasteiger partial charge in [0.25, 0.3) is 0 Å². The van der Waals surface area contributed by atoms with Gasteiger partial charge in [0.15, 0.2) is 5.82 Å². The van der Waals surface area contributed by atoms with Crippen molar-refractivity contribution in [2.45, 2.75) is 0 Å². The summed E-state index contributed by atoms with van der Waals surface area (Å²) < 4.78 is 2.60. The number of aromatic amines is 1. The molecule has 0 saturated heterocycles. The van der Waals surface area contributed by atoms with Gasteiger partial charge in [-0.3, -0.25) is 4.98 Å². The van der Waals surface area contributed by atoms with Gasteiger partial charge in [0.1, 0.15) is 0 Å². The van der Waals surface area contributed by atoms with Crippen molar-refractivity contribution in [1.82, 2.24) is 19.7 Å². The van der Waals surface area contributed by atoms with Crippen LogP contribution in [0.4, 0.5) is 0 Å². The third-order valence-electron chi connectivity index (χ3n) is 2.63. The van der Waals surface area contributed by atoms with Gasteiger partial charge in [-0.2, -0.15) is 4.98 Å². The first-order valence-electron chi connectivity index (χ1n) is 5.59. The summed E-state index contributed by atoms with van der Waals surface area (Å²) in [5, 5.41) is 2.67. The van der Waals surface area contributed by atoms with Crippen LogP contribution in [0.5, 0.6) is 0 Å². The van der Waals surface area contributed by atoms with Gasteiger partial charge in [-0.15, -0.1) is 0 Å². The van der Waals surface area contributed by atoms with Crippen LogP contribution in [0.15, 0.2) is 58.1 Å². The molecule has 5 nitrogen and oxygen atoms in total. The summed E-state index contributed by atoms with van der Waals surface area (Å²) in [6.45, 7) is 0. The Morgan fingerprint density at radius 1 is 1.16 bits per heavy atom. The SMILES string of the molecule is O=c1nc(-c2ccc(Br)cc2)n(-c2cccnc2)[nH]1. The second-order valence-electron chi connectivity index (χ2n) is 3.91. The zero-order chi connectivity index (χ0) is 13.2. The Morgan fingerprint density at radius 2 is 1.95 bits per heavy atom. The minimum absolute atomic E-state index is 0.387. The second kappa shape index (κ2) is 4.81. The normalized spacial score (nSPS) is 10.6. The summed E-state index contributed by atoms with van der Waals surface area (Å²) in [7, 11) is 0. The van der Waals surface area contributed by atoms with E-state index in [1.165, 1.54) is 0 Å². The summed E-state index contributed by atoms with van der Waals surface area (Å²) in [4.78, 5) is 19.5. The van der Waals surface area contributed by atoms with E-state index in [0.29, 0.717) is 5.82 Å². The van der Waals surface area contributed by atoms with Gasteiger partial charge >= 0.3 is 5.69 Å². The Bertz CT molecular complexity index is 746. The minimum Gasteiger partial charge on any atom is -0.262 e. The van der Waals surface area contributed by atoms with Gasteiger partial charge in [0, 0.05) is 16.2 Å². The molecule has 19 heavy (non-hydrogen) atoms. The van der Waals surface area contributed by atoms with Crippen LogP contribution in [0.2, 0.25) is 0 Å². The van der Waals surface area contributed by atoms with Crippen molar-refractivity contribution in [2.75, 3.05) is 0 Å². The van der Waals surface area contributed by atoms with Crippen LogP contribution < -0.4 is 5.69 Å². The van der Waals surface area contributed by atoms with Crippen LogP contribution in [0, 0.1) is 0 Å². The van der Waals surface area contributed by atoms with Crippen LogP contribution in [0.3, 0.4) is 0 Å². The smallest absolute Gasteiger partial charge is 0.262 e. The van der Waals surface area contributed by atoms with Crippen LogP contribution in [-0.2, 0) is 0 Å². The molecule has 2 heterocycles. The lowest BCUT2D eigenvalue weighted by Crippen LogP contribution is -2.05. The molecule has 0 atom stereocenters. The van der Waals surface area contributed by atoms with Crippen molar-refractivity contribution in [1.29, 1.82) is 0 Å². The highest BCUT2D eigenvalue weighted by Gasteiger charge is 2.10. The van der Waals surface area contributed by atoms with E-state index < -0.39 is 0 Å². The number of pyridine rings is 1. The molecule has 0 spiro atoms. The average molecular weight is 317 g/mol. The summed E-state index contributed by atoms with van der Waals surface area (Å²) in [5.41, 5.74) is 1.22. The predicted octanol–water partition coefficient (Wildman–Crippen LogP) is 2.39. The van der Waals surface area contributed by atoms with Gasteiger partial charge in [0.2, 0.25) is 0 Å². The van der Waals surface area contributed by atoms with E-state index >= 15 is 0 Å². The Kier molecular flexibility index (Phi) is 3.00. The lowest BCUT2D eigenvalue weighted by molar-refractivity contribution is 0.865. The Morgan fingerprint density at radius 3 is 2.63 bits per heavy atom. The predicted molar refractivity (Wildman–Crippen MR) is 75.1 cm³/mol. The maximum Gasteiger partial charge on any atom is 0.362 e. The monoisotopic (exact) mass is 316 g/mol. The van der Waals surface area contributed by atoms with E-state index in [0.717, 1.165) is 15.7 Å². The van der Waals surface area contributed by atoms with Gasteiger partial charge in [-0.1, -0.05) is 28.1 Å². The first kappa shape index (κ1) is 11.9. The Labute approximate surface area is 117 Å². The largest absolute Gasteiger partial charge is 0.362 e. The number of halogens is 1. The molecule has 0 aliphatic carbocycles. The van der Waals surface area contributed by atoms with E-state index in [1.54, 1.807) is 23.1 Å². The van der Waals surface area contributed by atoms with Gasteiger partial charge < -0.3 is 0 Å². The molecular formula is C13H9BrN4O. The average Bonchev–Trinajstić information content (AvgIpc) is 2.83. The molecule has 0 aliphatic heterocycles. The fourth-order valence-electron chi connectivity index (χ4n) is 1.79. The molecule has 0 fully saturated rings. The van der Waals surface area contributed by atoms with E-state index in [4.69, 9.17) is 0 Å². The van der Waals surface area contributed by atoms with Crippen molar-refractivity contribution < 1.29 is 0 Å². The zero-order valence-electron chi connectivity index (χ0n) is 9.75. The van der Waals surface area contributed by atoms with Gasteiger partial charge in [-0.05, 0) is 24.3 Å². The van der Waals surface area contributed by atoms with Crippen molar-refractivity contribution >= 4 is 15.9 Å². The molecule has 0 aliphatic rings. The van der Waals surface area contributed by atoms with Gasteiger partial charge in [-0.25, -0.2) is 14.6 Å². The van der Waals surface area contributed by atoms with Crippen LogP contribution >= 0.6 is 15.9 Å². The molecule has 0 unspecified atom stereocenters. The number of H-pyrrole nitrogens is 1. The van der Waals surface area contributed by atoms with E-state index in [-0.39, 0.29) is 5.69 Å². The maximum absolute atomic E-state index is 11.5. The van der Waals surface area contributed by atoms with E-state index in [2.05, 4.69) is 31.0 Å². The second-order valence-corrected chi connectivity index (χ2v) is 4.82. The molecule has 0 saturated carbocycles. The number of nitrogens with one attached hydrogen (secondary N) is 1. The number of hydrogen-bond acceptors (Lipinski definition) is 3. The highest BCUT2D eigenvalue weighted by atomic mass is 79.9. The van der Waals surface area contributed by atoms with Gasteiger partial charge in [0.05, 0.1) is 11.9 Å². The first-order valence-corrected chi connectivity index (χ1v) is 6.39. The molecule has 0 bridgehead atoms. The highest BCUT2D eigenvalue weighted by molar-refractivity contribution is 9.10. The molecule has 0 amide bonds. The first-order chi connectivity index (χ1) is 9.24. The molecule has 94 valence electrons. The quantitative estimate of drug-likeness (QED) is 0.789. The van der Waals surface area contributed by atoms with Crippen LogP contribution in [0.25, 0.3) is 17.1 Å². The Hall–Kier alpha value is -2.21. The maximum atomic E-state index is 11.5. The Balaban J connectivity index is 2.17. The van der Waals surface area contributed by atoms with E-state index in [9.17, 15) is 4.79 Å². The molecule has 1 aromatic carbocycles. The lowest BCUT2D eigenvalue weighted by Gasteiger charge is -2.06. The molecular weight excluding hydrogens is 308 g/mol. The molecule has 6 heteroatoms. The lowest BCUT2D eigenvalue weighted by atomic mass is 10.2. The summed E-state index contributed by atoms with van der Waals surface area (Å²) in [5.74, 6) is 0.561. The molecule has 3 rings (SSSR count). The topological polar surface area (TPSA) is 63.6 Å². The third-order valence-corrected chi connectivity index (χ3v) is 3.16. The van der Waals surface area contributed by atoms with Crippen molar-refractivity contribution in [3.8, 4) is 17.1 Å². The molecule has 0 radical (unpaired) electrons. The van der Waals surface area contributed by atoms with Crippen LogP contribution in [-0.4, -0.2) is 19.7 Å². The standard InChI is InChI=1S/C13H9BrN4O/c14-10-5-3-9(4-6-10)12-16-13(19)17-18(12)11-2-1-7-15-8-11/h1-8H,(H,17,19). The number of hydrogen-bond donors (Lipinski definition) is 1. The summed E-state index contributed by atoms with van der Waals surface area (Å²) >= 11 is 3.38. The van der Waals surface area contributed by atoms with Crippen molar-refractivity contribution in [3.05, 3.63) is 63.7 Å². The molecule has 2 aromatic heterocycles. The number of aromatic nitrogens is 4. The van der Waals surface area contributed by atoms with Crippen molar-refractivity contribution in [2.24, 2.45) is 0 Å². The minimum atomic E-state index is -0.387. The number of rotatable bonds is 2. The van der Waals surface area contributed by atoms with E-state index in [1.807, 2.05) is 30.3 Å². The third kappa shape index (κ3) is 2.34. The number of benzene rings is 1. The molecule has 1 N–H and O–H groups in total. The van der Waals surface area contributed by atoms with Crippen molar-refractivity contribution in [3.63, 3.8) is 0 Å². The fourth-order valence-corrected chi connectivity index (χ4v) is 2.05. The zero-order valence-corrected chi connectivity index (χ0v) is 11.3. The number of nitrogens with zero attached hydrogens (tertiary/aromatic N) is 3. The van der Waals surface area contributed by atoms with Crippen LogP contribution in [0.1, 0.15) is 0 Å². The highest BCUT2D eigenvalue weighted by Crippen LogP contribution is 2.20. The fraction of sp³-hybridized carbons (Fsp3) is 0. The summed E-state index contributed by atoms with van der Waals surface area (Å²) in [6, 6.07) is 11.3. The summed E-state index contributed by atoms with van der Waals surface area (Å²) in [6.07, 6.45) is 3.35. The molecule has 3 aromatic rings.